The Hall–Kier alpha value is -1.35. The van der Waals surface area contributed by atoms with Gasteiger partial charge in [-0.1, -0.05) is 32.9 Å². The molecule has 0 unspecified atom stereocenters. The third-order valence-electron chi connectivity index (χ3n) is 2.74. The third kappa shape index (κ3) is 3.33. The van der Waals surface area contributed by atoms with E-state index in [1.54, 1.807) is 0 Å². The second-order valence-electron chi connectivity index (χ2n) is 5.60. The second kappa shape index (κ2) is 5.11. The molecule has 4 heteroatoms. The molecule has 2 aromatic rings. The first-order valence-corrected chi connectivity index (χ1v) is 6.50. The number of hydrogen-bond acceptors (Lipinski definition) is 3. The first-order valence-electron chi connectivity index (χ1n) is 6.12. The zero-order chi connectivity index (χ0) is 13.2. The highest BCUT2D eigenvalue weighted by atomic mass is 35.5. The summed E-state index contributed by atoms with van der Waals surface area (Å²) >= 11 is 5.93. The molecule has 0 spiro atoms. The number of aromatic nitrogens is 2. The van der Waals surface area contributed by atoms with Crippen LogP contribution in [0.3, 0.4) is 0 Å². The fourth-order valence-electron chi connectivity index (χ4n) is 1.74. The van der Waals surface area contributed by atoms with E-state index in [1.807, 2.05) is 24.3 Å². The van der Waals surface area contributed by atoms with Gasteiger partial charge in [-0.05, 0) is 35.6 Å². The Bertz CT molecular complexity index is 546. The summed E-state index contributed by atoms with van der Waals surface area (Å²) in [7, 11) is 0. The fourth-order valence-corrected chi connectivity index (χ4v) is 1.91. The molecule has 1 aromatic carbocycles. The van der Waals surface area contributed by atoms with Gasteiger partial charge < -0.3 is 5.32 Å². The number of halogens is 1. The van der Waals surface area contributed by atoms with Crippen LogP contribution < -0.4 is 5.32 Å². The lowest BCUT2D eigenvalue weighted by molar-refractivity contribution is 0.389. The van der Waals surface area contributed by atoms with E-state index in [0.717, 1.165) is 29.7 Å². The van der Waals surface area contributed by atoms with Crippen molar-refractivity contribution in [2.45, 2.75) is 27.2 Å². The van der Waals surface area contributed by atoms with E-state index in [9.17, 15) is 0 Å². The molecule has 1 N–H and O–H groups in total. The van der Waals surface area contributed by atoms with Gasteiger partial charge in [-0.3, -0.25) is 0 Å². The van der Waals surface area contributed by atoms with E-state index in [0.29, 0.717) is 5.41 Å². The van der Waals surface area contributed by atoms with Crippen LogP contribution in [0.5, 0.6) is 0 Å². The summed E-state index contributed by atoms with van der Waals surface area (Å²) in [4.78, 5) is 8.47. The number of fused-ring (bicyclic) bond motifs is 1. The molecule has 0 fully saturated rings. The molecule has 0 saturated carbocycles. The normalized spacial score (nSPS) is 11.8. The van der Waals surface area contributed by atoms with Gasteiger partial charge in [0.05, 0.1) is 5.52 Å². The largest absolute Gasteiger partial charge is 0.369 e. The number of nitrogens with zero attached hydrogens (tertiary/aromatic N) is 2. The second-order valence-corrected chi connectivity index (χ2v) is 5.93. The van der Waals surface area contributed by atoms with Crippen molar-refractivity contribution < 1.29 is 0 Å². The van der Waals surface area contributed by atoms with Gasteiger partial charge >= 0.3 is 0 Å². The Morgan fingerprint density at radius 2 is 1.89 bits per heavy atom. The maximum absolute atomic E-state index is 5.93. The molecule has 3 nitrogen and oxygen atoms in total. The average molecular weight is 264 g/mol. The maximum Gasteiger partial charge on any atom is 0.224 e. The quantitative estimate of drug-likeness (QED) is 0.846. The van der Waals surface area contributed by atoms with E-state index < -0.39 is 0 Å². The van der Waals surface area contributed by atoms with Gasteiger partial charge in [0.2, 0.25) is 5.28 Å². The Labute approximate surface area is 113 Å². The topological polar surface area (TPSA) is 37.8 Å². The number of rotatable bonds is 3. The number of para-hydroxylation sites is 1. The lowest BCUT2D eigenvalue weighted by Gasteiger charge is -2.18. The number of anilines is 1. The highest BCUT2D eigenvalue weighted by Crippen LogP contribution is 2.23. The van der Waals surface area contributed by atoms with Crippen LogP contribution in [0.15, 0.2) is 24.3 Å². The lowest BCUT2D eigenvalue weighted by atomic mass is 9.92. The van der Waals surface area contributed by atoms with Gasteiger partial charge in [0, 0.05) is 11.9 Å². The molecule has 0 aliphatic carbocycles. The summed E-state index contributed by atoms with van der Waals surface area (Å²) in [5.74, 6) is 0.815. The monoisotopic (exact) mass is 263 g/mol. The van der Waals surface area contributed by atoms with Crippen molar-refractivity contribution in [3.05, 3.63) is 29.5 Å². The van der Waals surface area contributed by atoms with Gasteiger partial charge in [0.1, 0.15) is 5.82 Å². The molecule has 1 aromatic heterocycles. The summed E-state index contributed by atoms with van der Waals surface area (Å²) < 4.78 is 0. The van der Waals surface area contributed by atoms with Crippen LogP contribution in [0.2, 0.25) is 5.28 Å². The van der Waals surface area contributed by atoms with Gasteiger partial charge in [-0.15, -0.1) is 0 Å². The minimum atomic E-state index is 0.284. The van der Waals surface area contributed by atoms with Crippen molar-refractivity contribution in [1.82, 2.24) is 9.97 Å². The summed E-state index contributed by atoms with van der Waals surface area (Å²) in [6.07, 6.45) is 1.07. The number of benzene rings is 1. The Balaban J connectivity index is 2.22. The fraction of sp³-hybridized carbons (Fsp3) is 0.429. The van der Waals surface area contributed by atoms with Crippen molar-refractivity contribution >= 4 is 28.3 Å². The Morgan fingerprint density at radius 1 is 1.17 bits per heavy atom. The zero-order valence-electron chi connectivity index (χ0n) is 11.0. The van der Waals surface area contributed by atoms with Crippen LogP contribution in [0, 0.1) is 5.41 Å². The Kier molecular flexibility index (Phi) is 3.71. The highest BCUT2D eigenvalue weighted by Gasteiger charge is 2.11. The van der Waals surface area contributed by atoms with Crippen molar-refractivity contribution in [1.29, 1.82) is 0 Å². The molecule has 0 amide bonds. The SMILES string of the molecule is CC(C)(C)CCNc1nc(Cl)nc2ccccc12. The molecule has 18 heavy (non-hydrogen) atoms. The molecule has 0 radical (unpaired) electrons. The van der Waals surface area contributed by atoms with Crippen molar-refractivity contribution in [2.75, 3.05) is 11.9 Å². The predicted octanol–water partition coefficient (Wildman–Crippen LogP) is 4.13. The van der Waals surface area contributed by atoms with Gasteiger partial charge in [-0.2, -0.15) is 0 Å². The smallest absolute Gasteiger partial charge is 0.224 e. The first kappa shape index (κ1) is 13.1. The molecule has 1 heterocycles. The van der Waals surface area contributed by atoms with Gasteiger partial charge in [-0.25, -0.2) is 9.97 Å². The summed E-state index contributed by atoms with van der Waals surface area (Å²) in [6, 6.07) is 7.88. The molecule has 0 bridgehead atoms. The van der Waals surface area contributed by atoms with Crippen LogP contribution in [0.25, 0.3) is 10.9 Å². The number of hydrogen-bond donors (Lipinski definition) is 1. The van der Waals surface area contributed by atoms with Crippen LogP contribution in [0.1, 0.15) is 27.2 Å². The van der Waals surface area contributed by atoms with E-state index >= 15 is 0 Å². The molecule has 96 valence electrons. The lowest BCUT2D eigenvalue weighted by Crippen LogP contribution is -2.13. The molecule has 0 saturated heterocycles. The highest BCUT2D eigenvalue weighted by molar-refractivity contribution is 6.28. The van der Waals surface area contributed by atoms with Crippen LogP contribution in [-0.2, 0) is 0 Å². The Morgan fingerprint density at radius 3 is 2.61 bits per heavy atom. The van der Waals surface area contributed by atoms with Gasteiger partial charge in [0.25, 0.3) is 0 Å². The standard InChI is InChI=1S/C14H18ClN3/c1-14(2,3)8-9-16-12-10-6-4-5-7-11(10)17-13(15)18-12/h4-7H,8-9H2,1-3H3,(H,16,17,18). The van der Waals surface area contributed by atoms with Crippen molar-refractivity contribution in [3.63, 3.8) is 0 Å². The average Bonchev–Trinajstić information content (AvgIpc) is 2.27. The maximum atomic E-state index is 5.93. The first-order chi connectivity index (χ1) is 8.46. The molecule has 2 rings (SSSR count). The molecule has 0 aliphatic heterocycles. The minimum absolute atomic E-state index is 0.284. The van der Waals surface area contributed by atoms with Crippen LogP contribution in [-0.4, -0.2) is 16.5 Å². The summed E-state index contributed by atoms with van der Waals surface area (Å²) in [5.41, 5.74) is 1.18. The van der Waals surface area contributed by atoms with Crippen LogP contribution in [0.4, 0.5) is 5.82 Å². The molecular weight excluding hydrogens is 246 g/mol. The predicted molar refractivity (Wildman–Crippen MR) is 77.1 cm³/mol. The summed E-state index contributed by atoms with van der Waals surface area (Å²) in [6.45, 7) is 7.54. The van der Waals surface area contributed by atoms with E-state index in [1.165, 1.54) is 0 Å². The van der Waals surface area contributed by atoms with E-state index in [-0.39, 0.29) is 5.28 Å². The van der Waals surface area contributed by atoms with Crippen molar-refractivity contribution in [2.24, 2.45) is 5.41 Å². The van der Waals surface area contributed by atoms with Crippen molar-refractivity contribution in [3.8, 4) is 0 Å². The molecule has 0 atom stereocenters. The summed E-state index contributed by atoms with van der Waals surface area (Å²) in [5, 5.41) is 4.64. The van der Waals surface area contributed by atoms with E-state index in [2.05, 4.69) is 36.1 Å². The number of nitrogens with one attached hydrogen (secondary N) is 1. The van der Waals surface area contributed by atoms with E-state index in [4.69, 9.17) is 11.6 Å². The molecule has 0 aliphatic rings. The third-order valence-corrected chi connectivity index (χ3v) is 2.91. The minimum Gasteiger partial charge on any atom is -0.369 e. The molecular formula is C14H18ClN3. The zero-order valence-corrected chi connectivity index (χ0v) is 11.8. The van der Waals surface area contributed by atoms with Crippen LogP contribution >= 0.6 is 11.6 Å². The van der Waals surface area contributed by atoms with Gasteiger partial charge in [0.15, 0.2) is 0 Å².